The Balaban J connectivity index is 1.29. The Morgan fingerprint density at radius 1 is 0.943 bits per heavy atom. The number of carbonyl (C=O) groups is 1. The quantitative estimate of drug-likeness (QED) is 0.325. The number of rotatable bonds is 9. The Labute approximate surface area is 203 Å². The summed E-state index contributed by atoms with van der Waals surface area (Å²) in [4.78, 5) is 17.4. The molecule has 3 aromatic heterocycles. The number of ether oxygens (including phenoxy) is 1. The zero-order valence-electron chi connectivity index (χ0n) is 19.0. The third-order valence-electron chi connectivity index (χ3n) is 5.45. The highest BCUT2D eigenvalue weighted by molar-refractivity contribution is 5.99. The number of benzene rings is 2. The Hall–Kier alpha value is -4.49. The van der Waals surface area contributed by atoms with Crippen molar-refractivity contribution < 1.29 is 13.9 Å². The number of hydrogen-bond acceptors (Lipinski definition) is 5. The largest absolute Gasteiger partial charge is 0.467 e. The highest BCUT2D eigenvalue weighted by atomic mass is 16.5. The van der Waals surface area contributed by atoms with Gasteiger partial charge in [0, 0.05) is 30.7 Å². The maximum atomic E-state index is 13.2. The van der Waals surface area contributed by atoms with Gasteiger partial charge in [-0.05, 0) is 47.5 Å². The van der Waals surface area contributed by atoms with Crippen LogP contribution in [0.5, 0.6) is 0 Å². The van der Waals surface area contributed by atoms with Crippen LogP contribution in [0.4, 0.5) is 0 Å². The second kappa shape index (κ2) is 10.6. The summed E-state index contributed by atoms with van der Waals surface area (Å²) in [6, 6.07) is 25.1. The molecule has 0 saturated heterocycles. The normalized spacial score (nSPS) is 10.9. The van der Waals surface area contributed by atoms with Crippen LogP contribution in [-0.2, 0) is 24.5 Å². The lowest BCUT2D eigenvalue weighted by Gasteiger charge is -2.08. The molecule has 0 aliphatic rings. The third-order valence-corrected chi connectivity index (χ3v) is 5.45. The molecule has 0 unspecified atom stereocenters. The Bertz CT molecular complexity index is 1380. The summed E-state index contributed by atoms with van der Waals surface area (Å²) in [7, 11) is 0. The van der Waals surface area contributed by atoms with E-state index in [1.807, 2.05) is 78.9 Å². The van der Waals surface area contributed by atoms with Gasteiger partial charge in [0.05, 0.1) is 24.1 Å². The van der Waals surface area contributed by atoms with Gasteiger partial charge in [0.25, 0.3) is 5.91 Å². The second-order valence-corrected chi connectivity index (χ2v) is 7.99. The van der Waals surface area contributed by atoms with Crippen LogP contribution >= 0.6 is 0 Å². The zero-order valence-corrected chi connectivity index (χ0v) is 19.0. The van der Waals surface area contributed by atoms with Crippen LogP contribution in [0.1, 0.15) is 27.2 Å². The fraction of sp³-hybridized carbons (Fsp3) is 0.107. The van der Waals surface area contributed by atoms with Crippen LogP contribution in [0.15, 0.2) is 108 Å². The SMILES string of the molecule is O=C(NCc1cccc(COCc2ccco2)c1)c1cn(-c2ccccc2)nc1-c1cccnc1. The molecule has 2 aromatic carbocycles. The lowest BCUT2D eigenvalue weighted by Crippen LogP contribution is -2.23. The number of nitrogens with zero attached hydrogens (tertiary/aromatic N) is 3. The topological polar surface area (TPSA) is 82.2 Å². The molecule has 0 spiro atoms. The average molecular weight is 465 g/mol. The second-order valence-electron chi connectivity index (χ2n) is 7.99. The molecule has 3 heterocycles. The molecule has 0 atom stereocenters. The van der Waals surface area contributed by atoms with Crippen molar-refractivity contribution in [2.45, 2.75) is 19.8 Å². The third kappa shape index (κ3) is 5.54. The van der Waals surface area contributed by atoms with Gasteiger partial charge in [-0.1, -0.05) is 42.5 Å². The lowest BCUT2D eigenvalue weighted by atomic mass is 10.1. The molecule has 174 valence electrons. The summed E-state index contributed by atoms with van der Waals surface area (Å²) < 4.78 is 12.7. The summed E-state index contributed by atoms with van der Waals surface area (Å²) in [6.45, 7) is 1.25. The van der Waals surface area contributed by atoms with E-state index in [0.29, 0.717) is 31.0 Å². The minimum Gasteiger partial charge on any atom is -0.467 e. The monoisotopic (exact) mass is 464 g/mol. The molecule has 35 heavy (non-hydrogen) atoms. The van der Waals surface area contributed by atoms with Gasteiger partial charge in [-0.25, -0.2) is 4.68 Å². The molecule has 7 nitrogen and oxygen atoms in total. The average Bonchev–Trinajstić information content (AvgIpc) is 3.59. The van der Waals surface area contributed by atoms with Gasteiger partial charge in [-0.2, -0.15) is 5.10 Å². The number of nitrogens with one attached hydrogen (secondary N) is 1. The molecule has 1 amide bonds. The van der Waals surface area contributed by atoms with E-state index in [4.69, 9.17) is 9.15 Å². The van der Waals surface area contributed by atoms with E-state index in [1.165, 1.54) is 0 Å². The Morgan fingerprint density at radius 2 is 1.83 bits per heavy atom. The number of carbonyl (C=O) groups excluding carboxylic acids is 1. The maximum absolute atomic E-state index is 13.2. The smallest absolute Gasteiger partial charge is 0.255 e. The van der Waals surface area contributed by atoms with Crippen LogP contribution in [0.2, 0.25) is 0 Å². The van der Waals surface area contributed by atoms with Gasteiger partial charge >= 0.3 is 0 Å². The van der Waals surface area contributed by atoms with Crippen molar-refractivity contribution in [1.82, 2.24) is 20.1 Å². The predicted octanol–water partition coefficient (Wildman–Crippen LogP) is 5.17. The lowest BCUT2D eigenvalue weighted by molar-refractivity contribution is 0.0928. The first kappa shape index (κ1) is 22.3. The van der Waals surface area contributed by atoms with Gasteiger partial charge in [-0.3, -0.25) is 9.78 Å². The number of para-hydroxylation sites is 1. The minimum atomic E-state index is -0.203. The van der Waals surface area contributed by atoms with E-state index < -0.39 is 0 Å². The number of pyridine rings is 1. The first-order valence-corrected chi connectivity index (χ1v) is 11.3. The molecule has 0 aliphatic carbocycles. The van der Waals surface area contributed by atoms with Crippen LogP contribution in [0.3, 0.4) is 0 Å². The van der Waals surface area contributed by atoms with Crippen LogP contribution in [0, 0.1) is 0 Å². The van der Waals surface area contributed by atoms with Gasteiger partial charge in [0.1, 0.15) is 18.1 Å². The van der Waals surface area contributed by atoms with Crippen LogP contribution in [0.25, 0.3) is 16.9 Å². The molecule has 0 aliphatic heterocycles. The molecule has 5 aromatic rings. The summed E-state index contributed by atoms with van der Waals surface area (Å²) >= 11 is 0. The van der Waals surface area contributed by atoms with Gasteiger partial charge in [-0.15, -0.1) is 0 Å². The van der Waals surface area contributed by atoms with E-state index in [-0.39, 0.29) is 5.91 Å². The molecule has 0 fully saturated rings. The number of hydrogen-bond donors (Lipinski definition) is 1. The predicted molar refractivity (Wildman–Crippen MR) is 132 cm³/mol. The maximum Gasteiger partial charge on any atom is 0.255 e. The van der Waals surface area contributed by atoms with E-state index in [2.05, 4.69) is 15.4 Å². The van der Waals surface area contributed by atoms with E-state index in [9.17, 15) is 4.79 Å². The zero-order chi connectivity index (χ0) is 23.9. The van der Waals surface area contributed by atoms with Crippen molar-refractivity contribution in [2.24, 2.45) is 0 Å². The van der Waals surface area contributed by atoms with E-state index >= 15 is 0 Å². The standard InChI is InChI=1S/C28H24N4O3/c33-28(30-16-21-7-4-8-22(15-21)19-34-20-25-12-6-14-35-25)26-18-32(24-10-2-1-3-11-24)31-27(26)23-9-5-13-29-17-23/h1-15,17-18H,16,19-20H2,(H,30,33). The molecule has 0 saturated carbocycles. The minimum absolute atomic E-state index is 0.203. The summed E-state index contributed by atoms with van der Waals surface area (Å²) in [6.07, 6.45) is 6.79. The fourth-order valence-electron chi connectivity index (χ4n) is 3.74. The van der Waals surface area contributed by atoms with Gasteiger partial charge in [0.15, 0.2) is 0 Å². The summed E-state index contributed by atoms with van der Waals surface area (Å²) in [5.41, 5.74) is 4.73. The Morgan fingerprint density at radius 3 is 2.63 bits per heavy atom. The van der Waals surface area contributed by atoms with Crippen molar-refractivity contribution in [3.05, 3.63) is 126 Å². The number of furan rings is 1. The highest BCUT2D eigenvalue weighted by Gasteiger charge is 2.18. The first-order chi connectivity index (χ1) is 17.3. The van der Waals surface area contributed by atoms with Crippen LogP contribution < -0.4 is 5.32 Å². The summed E-state index contributed by atoms with van der Waals surface area (Å²) in [5, 5.41) is 7.71. The molecule has 0 radical (unpaired) electrons. The molecule has 5 rings (SSSR count). The van der Waals surface area contributed by atoms with Crippen LogP contribution in [-0.4, -0.2) is 20.7 Å². The van der Waals surface area contributed by atoms with E-state index in [0.717, 1.165) is 28.1 Å². The Kier molecular flexibility index (Phi) is 6.77. The molecule has 0 bridgehead atoms. The molecular weight excluding hydrogens is 440 g/mol. The first-order valence-electron chi connectivity index (χ1n) is 11.3. The van der Waals surface area contributed by atoms with Gasteiger partial charge in [0.2, 0.25) is 0 Å². The van der Waals surface area contributed by atoms with Crippen molar-refractivity contribution >= 4 is 5.91 Å². The number of amides is 1. The molecular formula is C28H24N4O3. The van der Waals surface area contributed by atoms with E-state index in [1.54, 1.807) is 29.5 Å². The number of aromatic nitrogens is 3. The van der Waals surface area contributed by atoms with Crippen molar-refractivity contribution in [1.29, 1.82) is 0 Å². The highest BCUT2D eigenvalue weighted by Crippen LogP contribution is 2.23. The van der Waals surface area contributed by atoms with Crippen molar-refractivity contribution in [2.75, 3.05) is 0 Å². The van der Waals surface area contributed by atoms with Crippen molar-refractivity contribution in [3.63, 3.8) is 0 Å². The van der Waals surface area contributed by atoms with Crippen molar-refractivity contribution in [3.8, 4) is 16.9 Å². The fourth-order valence-corrected chi connectivity index (χ4v) is 3.74. The molecule has 7 heteroatoms. The van der Waals surface area contributed by atoms with Gasteiger partial charge < -0.3 is 14.5 Å². The molecule has 1 N–H and O–H groups in total. The summed E-state index contributed by atoms with van der Waals surface area (Å²) in [5.74, 6) is 0.583.